The van der Waals surface area contributed by atoms with E-state index >= 15 is 0 Å². The summed E-state index contributed by atoms with van der Waals surface area (Å²) in [4.78, 5) is 0. The minimum atomic E-state index is 0.210. The van der Waals surface area contributed by atoms with Crippen LogP contribution >= 0.6 is 15.9 Å². The van der Waals surface area contributed by atoms with Crippen molar-refractivity contribution in [2.24, 2.45) is 0 Å². The molecule has 22 heavy (non-hydrogen) atoms. The van der Waals surface area contributed by atoms with Crippen molar-refractivity contribution in [3.8, 4) is 16.9 Å². The second-order valence-corrected chi connectivity index (χ2v) is 6.00. The summed E-state index contributed by atoms with van der Waals surface area (Å²) in [5.74, 6) is 0.210. The Morgan fingerprint density at radius 2 is 1.55 bits per heavy atom. The van der Waals surface area contributed by atoms with Crippen molar-refractivity contribution in [1.82, 2.24) is 0 Å². The van der Waals surface area contributed by atoms with Crippen LogP contribution in [-0.4, -0.2) is 5.11 Å². The van der Waals surface area contributed by atoms with Crippen LogP contribution < -0.4 is 0 Å². The molecule has 0 spiro atoms. The van der Waals surface area contributed by atoms with E-state index in [-0.39, 0.29) is 5.75 Å². The number of rotatable bonds is 1. The number of benzene rings is 3. The van der Waals surface area contributed by atoms with E-state index in [0.29, 0.717) is 0 Å². The first kappa shape index (κ1) is 13.3. The molecule has 0 saturated carbocycles. The molecule has 106 valence electrons. The molecular weight excluding hydrogens is 340 g/mol. The van der Waals surface area contributed by atoms with Crippen LogP contribution in [0.25, 0.3) is 33.1 Å². The molecule has 3 aromatic carbocycles. The van der Waals surface area contributed by atoms with E-state index in [1.807, 2.05) is 42.5 Å². The van der Waals surface area contributed by atoms with E-state index in [2.05, 4.69) is 28.1 Å². The summed E-state index contributed by atoms with van der Waals surface area (Å²) < 4.78 is 6.78. The molecule has 0 bridgehead atoms. The van der Waals surface area contributed by atoms with Crippen LogP contribution in [0.4, 0.5) is 0 Å². The number of fused-ring (bicyclic) bond motifs is 2. The lowest BCUT2D eigenvalue weighted by Crippen LogP contribution is -1.86. The van der Waals surface area contributed by atoms with Crippen molar-refractivity contribution in [2.45, 2.75) is 0 Å². The van der Waals surface area contributed by atoms with Gasteiger partial charge in [-0.25, -0.2) is 4.42 Å². The van der Waals surface area contributed by atoms with Crippen LogP contribution in [0.5, 0.6) is 5.75 Å². The van der Waals surface area contributed by atoms with Gasteiger partial charge in [-0.15, -0.1) is 0 Å². The molecule has 0 fully saturated rings. The average Bonchev–Trinajstić information content (AvgIpc) is 2.54. The van der Waals surface area contributed by atoms with Crippen molar-refractivity contribution in [3.63, 3.8) is 0 Å². The normalized spacial score (nSPS) is 11.1. The Bertz CT molecular complexity index is 994. The molecule has 1 heterocycles. The molecule has 3 heteroatoms. The molecule has 2 nitrogen and oxygen atoms in total. The van der Waals surface area contributed by atoms with E-state index in [1.165, 1.54) is 0 Å². The number of hydrogen-bond acceptors (Lipinski definition) is 1. The molecule has 0 atom stereocenters. The molecule has 0 aliphatic rings. The summed E-state index contributed by atoms with van der Waals surface area (Å²) in [6, 6.07) is 21.5. The Morgan fingerprint density at radius 1 is 0.818 bits per heavy atom. The second kappa shape index (κ2) is 5.11. The topological polar surface area (TPSA) is 31.5 Å². The highest BCUT2D eigenvalue weighted by Crippen LogP contribution is 2.40. The Morgan fingerprint density at radius 3 is 2.36 bits per heavy atom. The Labute approximate surface area is 135 Å². The second-order valence-electron chi connectivity index (χ2n) is 5.14. The number of hydrogen-bond donors (Lipinski definition) is 1. The SMILES string of the molecule is Oc1cc(Br)c2[o+]c3ccccc3c(-c3ccccc3)c2c1. The van der Waals surface area contributed by atoms with Crippen molar-refractivity contribution in [3.05, 3.63) is 71.2 Å². The summed E-state index contributed by atoms with van der Waals surface area (Å²) in [6.45, 7) is 0. The maximum atomic E-state index is 9.98. The highest BCUT2D eigenvalue weighted by molar-refractivity contribution is 9.10. The van der Waals surface area contributed by atoms with Gasteiger partial charge in [-0.05, 0) is 33.6 Å². The molecule has 0 aliphatic heterocycles. The number of phenolic OH excluding ortho intramolecular Hbond substituents is 1. The molecule has 0 saturated heterocycles. The van der Waals surface area contributed by atoms with Gasteiger partial charge in [0.25, 0.3) is 0 Å². The van der Waals surface area contributed by atoms with Gasteiger partial charge in [0, 0.05) is 17.7 Å². The lowest BCUT2D eigenvalue weighted by Gasteiger charge is -2.06. The maximum Gasteiger partial charge on any atom is 0.375 e. The first-order chi connectivity index (χ1) is 10.7. The van der Waals surface area contributed by atoms with Gasteiger partial charge in [-0.3, -0.25) is 0 Å². The summed E-state index contributed by atoms with van der Waals surface area (Å²) >= 11 is 3.49. The fraction of sp³-hybridized carbons (Fsp3) is 0. The lowest BCUT2D eigenvalue weighted by atomic mass is 9.97. The molecule has 1 aromatic heterocycles. The van der Waals surface area contributed by atoms with Gasteiger partial charge in [-0.1, -0.05) is 42.5 Å². The van der Waals surface area contributed by atoms with Crippen molar-refractivity contribution >= 4 is 37.9 Å². The largest absolute Gasteiger partial charge is 0.508 e. The lowest BCUT2D eigenvalue weighted by molar-refractivity contribution is 0.475. The molecule has 4 rings (SSSR count). The third kappa shape index (κ3) is 2.06. The minimum Gasteiger partial charge on any atom is -0.508 e. The van der Waals surface area contributed by atoms with Gasteiger partial charge in [0.2, 0.25) is 0 Å². The zero-order chi connectivity index (χ0) is 15.1. The molecule has 4 aromatic rings. The third-order valence-corrected chi connectivity index (χ3v) is 4.32. The minimum absolute atomic E-state index is 0.210. The fourth-order valence-corrected chi connectivity index (χ4v) is 3.33. The maximum absolute atomic E-state index is 9.98. The van der Waals surface area contributed by atoms with Gasteiger partial charge >= 0.3 is 11.2 Å². The monoisotopic (exact) mass is 351 g/mol. The van der Waals surface area contributed by atoms with Gasteiger partial charge in [-0.2, -0.15) is 0 Å². The molecule has 1 N–H and O–H groups in total. The molecule has 0 radical (unpaired) electrons. The van der Waals surface area contributed by atoms with Gasteiger partial charge < -0.3 is 5.11 Å². The van der Waals surface area contributed by atoms with E-state index in [0.717, 1.165) is 37.5 Å². The number of para-hydroxylation sites is 1. The van der Waals surface area contributed by atoms with E-state index in [9.17, 15) is 5.11 Å². The van der Waals surface area contributed by atoms with Crippen molar-refractivity contribution in [2.75, 3.05) is 0 Å². The summed E-state index contributed by atoms with van der Waals surface area (Å²) in [5.41, 5.74) is 3.71. The highest BCUT2D eigenvalue weighted by atomic mass is 79.9. The molecule has 0 aliphatic carbocycles. The average molecular weight is 352 g/mol. The van der Waals surface area contributed by atoms with E-state index in [4.69, 9.17) is 4.42 Å². The zero-order valence-electron chi connectivity index (χ0n) is 11.6. The predicted octanol–water partition coefficient (Wildman–Crippen LogP) is 6.00. The van der Waals surface area contributed by atoms with E-state index < -0.39 is 0 Å². The first-order valence-electron chi connectivity index (χ1n) is 6.96. The highest BCUT2D eigenvalue weighted by Gasteiger charge is 2.22. The predicted molar refractivity (Wildman–Crippen MR) is 92.9 cm³/mol. The third-order valence-electron chi connectivity index (χ3n) is 3.73. The number of halogens is 1. The van der Waals surface area contributed by atoms with Crippen LogP contribution in [0.3, 0.4) is 0 Å². The van der Waals surface area contributed by atoms with Crippen molar-refractivity contribution in [1.29, 1.82) is 0 Å². The fourth-order valence-electron chi connectivity index (χ4n) is 2.80. The van der Waals surface area contributed by atoms with E-state index in [1.54, 1.807) is 12.1 Å². The molecule has 0 amide bonds. The number of aromatic hydroxyl groups is 1. The summed E-state index contributed by atoms with van der Waals surface area (Å²) in [5, 5.41) is 11.9. The molecule has 0 unspecified atom stereocenters. The van der Waals surface area contributed by atoms with Gasteiger partial charge in [0.05, 0.1) is 10.8 Å². The molecular formula is C19H12BrO2+. The quantitative estimate of drug-likeness (QED) is 0.336. The van der Waals surface area contributed by atoms with Crippen LogP contribution in [0, 0.1) is 0 Å². The Balaban J connectivity index is 2.27. The first-order valence-corrected chi connectivity index (χ1v) is 7.76. The summed E-state index contributed by atoms with van der Waals surface area (Å²) in [6.07, 6.45) is 0. The Kier molecular flexibility index (Phi) is 3.09. The smallest absolute Gasteiger partial charge is 0.375 e. The van der Waals surface area contributed by atoms with Crippen LogP contribution in [0.1, 0.15) is 0 Å². The van der Waals surface area contributed by atoms with Crippen LogP contribution in [0.15, 0.2) is 75.6 Å². The number of phenols is 1. The van der Waals surface area contributed by atoms with Crippen LogP contribution in [0.2, 0.25) is 0 Å². The van der Waals surface area contributed by atoms with Crippen molar-refractivity contribution < 1.29 is 9.52 Å². The van der Waals surface area contributed by atoms with Crippen LogP contribution in [-0.2, 0) is 0 Å². The standard InChI is InChI=1S/C19H11BrO2/c20-16-11-13(21)10-15-18(12-6-2-1-3-7-12)14-8-4-5-9-17(14)22-19(15)16/h1-11H/p+1. The Hall–Kier alpha value is -2.39. The van der Waals surface area contributed by atoms with Gasteiger partial charge in [0.1, 0.15) is 10.2 Å². The zero-order valence-corrected chi connectivity index (χ0v) is 13.2. The van der Waals surface area contributed by atoms with Gasteiger partial charge in [0.15, 0.2) is 0 Å². The summed E-state index contributed by atoms with van der Waals surface area (Å²) in [7, 11) is 0.